The maximum atomic E-state index is 5.69. The molecule has 0 spiro atoms. The van der Waals surface area contributed by atoms with Crippen molar-refractivity contribution >= 4 is 16.5 Å². The molecule has 0 saturated carbocycles. The number of hydrogen-bond acceptors (Lipinski definition) is 5. The van der Waals surface area contributed by atoms with Gasteiger partial charge in [-0.15, -0.1) is 11.3 Å². The third kappa shape index (κ3) is 3.54. The molecule has 2 rings (SSSR count). The fourth-order valence-corrected chi connectivity index (χ4v) is 2.80. The molecule has 0 atom stereocenters. The van der Waals surface area contributed by atoms with Crippen molar-refractivity contribution in [2.24, 2.45) is 5.73 Å². The minimum atomic E-state index is 0.0535. The highest BCUT2D eigenvalue weighted by Crippen LogP contribution is 2.30. The third-order valence-corrected chi connectivity index (χ3v) is 4.00. The molecule has 0 unspecified atom stereocenters. The van der Waals surface area contributed by atoms with Gasteiger partial charge in [0.05, 0.1) is 11.9 Å². The zero-order chi connectivity index (χ0) is 13.9. The summed E-state index contributed by atoms with van der Waals surface area (Å²) in [6.45, 7) is 5.86. The predicted molar refractivity (Wildman–Crippen MR) is 78.9 cm³/mol. The SMILES string of the molecule is CC(C)(CCCn1cc(CN)cn1)c1csc(N)n1. The van der Waals surface area contributed by atoms with Crippen LogP contribution in [0.3, 0.4) is 0 Å². The molecule has 0 aromatic carbocycles. The number of aromatic nitrogens is 3. The monoisotopic (exact) mass is 279 g/mol. The molecule has 0 bridgehead atoms. The van der Waals surface area contributed by atoms with Crippen LogP contribution in [0.2, 0.25) is 0 Å². The summed E-state index contributed by atoms with van der Waals surface area (Å²) in [7, 11) is 0. The first-order valence-corrected chi connectivity index (χ1v) is 7.32. The van der Waals surface area contributed by atoms with E-state index in [1.165, 1.54) is 11.3 Å². The van der Waals surface area contributed by atoms with Crippen molar-refractivity contribution < 1.29 is 0 Å². The first-order chi connectivity index (χ1) is 9.01. The number of nitrogens with zero attached hydrogens (tertiary/aromatic N) is 3. The van der Waals surface area contributed by atoms with Crippen LogP contribution in [-0.2, 0) is 18.5 Å². The molecule has 0 aliphatic heterocycles. The number of hydrogen-bond donors (Lipinski definition) is 2. The van der Waals surface area contributed by atoms with Crippen molar-refractivity contribution in [1.29, 1.82) is 0 Å². The van der Waals surface area contributed by atoms with Crippen LogP contribution in [0, 0.1) is 0 Å². The predicted octanol–water partition coefficient (Wildman–Crippen LogP) is 2.14. The Hall–Kier alpha value is -1.40. The third-order valence-electron chi connectivity index (χ3n) is 3.33. The average Bonchev–Trinajstić information content (AvgIpc) is 2.98. The van der Waals surface area contributed by atoms with Gasteiger partial charge in [0.25, 0.3) is 0 Å². The van der Waals surface area contributed by atoms with Gasteiger partial charge in [-0.05, 0) is 12.8 Å². The first-order valence-electron chi connectivity index (χ1n) is 6.44. The minimum absolute atomic E-state index is 0.0535. The van der Waals surface area contributed by atoms with Crippen molar-refractivity contribution in [3.63, 3.8) is 0 Å². The second kappa shape index (κ2) is 5.71. The van der Waals surface area contributed by atoms with Crippen LogP contribution >= 0.6 is 11.3 Å². The lowest BCUT2D eigenvalue weighted by Crippen LogP contribution is -2.18. The van der Waals surface area contributed by atoms with E-state index in [2.05, 4.69) is 29.3 Å². The van der Waals surface area contributed by atoms with Crippen LogP contribution in [-0.4, -0.2) is 14.8 Å². The van der Waals surface area contributed by atoms with E-state index >= 15 is 0 Å². The summed E-state index contributed by atoms with van der Waals surface area (Å²) >= 11 is 1.50. The van der Waals surface area contributed by atoms with E-state index in [0.717, 1.165) is 30.6 Å². The number of anilines is 1. The molecule has 4 N–H and O–H groups in total. The van der Waals surface area contributed by atoms with Crippen LogP contribution in [0.15, 0.2) is 17.8 Å². The summed E-state index contributed by atoms with van der Waals surface area (Å²) in [5, 5.41) is 6.98. The molecule has 6 heteroatoms. The normalized spacial score (nSPS) is 11.9. The largest absolute Gasteiger partial charge is 0.375 e. The van der Waals surface area contributed by atoms with E-state index < -0.39 is 0 Å². The Morgan fingerprint density at radius 3 is 2.79 bits per heavy atom. The molecule has 2 aromatic rings. The lowest BCUT2D eigenvalue weighted by Gasteiger charge is -2.22. The number of aryl methyl sites for hydroxylation is 1. The summed E-state index contributed by atoms with van der Waals surface area (Å²) in [5.74, 6) is 0. The molecule has 2 aromatic heterocycles. The van der Waals surface area contributed by atoms with E-state index in [9.17, 15) is 0 Å². The Morgan fingerprint density at radius 1 is 1.42 bits per heavy atom. The Kier molecular flexibility index (Phi) is 4.21. The number of nitrogens with two attached hydrogens (primary N) is 2. The molecule has 0 amide bonds. The molecular formula is C13H21N5S. The Morgan fingerprint density at radius 2 is 2.21 bits per heavy atom. The summed E-state index contributed by atoms with van der Waals surface area (Å²) in [6.07, 6.45) is 5.93. The van der Waals surface area contributed by atoms with Gasteiger partial charge in [-0.2, -0.15) is 5.10 Å². The van der Waals surface area contributed by atoms with E-state index in [1.54, 1.807) is 0 Å². The maximum Gasteiger partial charge on any atom is 0.180 e. The van der Waals surface area contributed by atoms with Crippen LogP contribution in [0.4, 0.5) is 5.13 Å². The van der Waals surface area contributed by atoms with Crippen molar-refractivity contribution in [1.82, 2.24) is 14.8 Å². The molecule has 5 nitrogen and oxygen atoms in total. The lowest BCUT2D eigenvalue weighted by atomic mass is 9.85. The van der Waals surface area contributed by atoms with E-state index in [0.29, 0.717) is 11.7 Å². The Labute approximate surface area is 117 Å². The van der Waals surface area contributed by atoms with Crippen molar-refractivity contribution in [2.45, 2.75) is 45.2 Å². The van der Waals surface area contributed by atoms with Gasteiger partial charge in [0, 0.05) is 35.6 Å². The highest BCUT2D eigenvalue weighted by Gasteiger charge is 2.23. The second-order valence-corrected chi connectivity index (χ2v) is 6.26. The zero-order valence-electron chi connectivity index (χ0n) is 11.5. The molecule has 0 aliphatic carbocycles. The van der Waals surface area contributed by atoms with Gasteiger partial charge in [0.2, 0.25) is 0 Å². The van der Waals surface area contributed by atoms with E-state index in [1.807, 2.05) is 17.1 Å². The molecule has 2 heterocycles. The number of thiazole rings is 1. The standard InChI is InChI=1S/C13H21N5S/c1-13(2,11-9-19-12(15)17-11)4-3-5-18-8-10(6-14)7-16-18/h7-9H,3-6,14H2,1-2H3,(H2,15,17). The molecule has 0 aliphatic rings. The summed E-state index contributed by atoms with van der Waals surface area (Å²) in [6, 6.07) is 0. The molecule has 104 valence electrons. The number of rotatable bonds is 6. The summed E-state index contributed by atoms with van der Waals surface area (Å²) in [5.41, 5.74) is 13.5. The fourth-order valence-electron chi connectivity index (χ4n) is 2.04. The smallest absolute Gasteiger partial charge is 0.180 e. The van der Waals surface area contributed by atoms with Gasteiger partial charge in [-0.1, -0.05) is 13.8 Å². The van der Waals surface area contributed by atoms with Gasteiger partial charge >= 0.3 is 0 Å². The van der Waals surface area contributed by atoms with Crippen LogP contribution in [0.5, 0.6) is 0 Å². The lowest BCUT2D eigenvalue weighted by molar-refractivity contribution is 0.421. The first kappa shape index (κ1) is 14.0. The number of nitrogen functional groups attached to an aromatic ring is 1. The van der Waals surface area contributed by atoms with E-state index in [4.69, 9.17) is 11.5 Å². The van der Waals surface area contributed by atoms with Crippen molar-refractivity contribution in [3.8, 4) is 0 Å². The topological polar surface area (TPSA) is 82.8 Å². The van der Waals surface area contributed by atoms with Gasteiger partial charge in [0.1, 0.15) is 0 Å². The summed E-state index contributed by atoms with van der Waals surface area (Å²) < 4.78 is 1.95. The molecule has 0 fully saturated rings. The Balaban J connectivity index is 1.87. The molecule has 19 heavy (non-hydrogen) atoms. The highest BCUT2D eigenvalue weighted by molar-refractivity contribution is 7.13. The fraction of sp³-hybridized carbons (Fsp3) is 0.538. The zero-order valence-corrected chi connectivity index (χ0v) is 12.3. The molecular weight excluding hydrogens is 258 g/mol. The van der Waals surface area contributed by atoms with E-state index in [-0.39, 0.29) is 5.41 Å². The molecule has 0 saturated heterocycles. The quantitative estimate of drug-likeness (QED) is 0.848. The highest BCUT2D eigenvalue weighted by atomic mass is 32.1. The molecule has 0 radical (unpaired) electrons. The van der Waals surface area contributed by atoms with Gasteiger partial charge in [-0.3, -0.25) is 4.68 Å². The average molecular weight is 279 g/mol. The maximum absolute atomic E-state index is 5.69. The van der Waals surface area contributed by atoms with Crippen LogP contribution < -0.4 is 11.5 Å². The van der Waals surface area contributed by atoms with Crippen LogP contribution in [0.25, 0.3) is 0 Å². The second-order valence-electron chi connectivity index (χ2n) is 5.37. The van der Waals surface area contributed by atoms with Crippen molar-refractivity contribution in [3.05, 3.63) is 29.0 Å². The van der Waals surface area contributed by atoms with Crippen molar-refractivity contribution in [2.75, 3.05) is 5.73 Å². The van der Waals surface area contributed by atoms with Gasteiger partial charge in [0.15, 0.2) is 5.13 Å². The van der Waals surface area contributed by atoms with Gasteiger partial charge in [-0.25, -0.2) is 4.98 Å². The summed E-state index contributed by atoms with van der Waals surface area (Å²) in [4.78, 5) is 4.38. The van der Waals surface area contributed by atoms with Crippen LogP contribution in [0.1, 0.15) is 37.9 Å². The minimum Gasteiger partial charge on any atom is -0.375 e. The Bertz CT molecular complexity index is 529. The van der Waals surface area contributed by atoms with Gasteiger partial charge < -0.3 is 11.5 Å².